The number of rotatable bonds is 5. The first-order chi connectivity index (χ1) is 13.1. The van der Waals surface area contributed by atoms with Crippen molar-refractivity contribution >= 4 is 23.6 Å². The summed E-state index contributed by atoms with van der Waals surface area (Å²) in [6.45, 7) is 10.3. The normalized spacial score (nSPS) is 15.1. The number of ether oxygens (including phenoxy) is 1. The molecule has 0 saturated carbocycles. The lowest BCUT2D eigenvalue weighted by atomic mass is 9.89. The van der Waals surface area contributed by atoms with E-state index in [9.17, 15) is 14.4 Å². The van der Waals surface area contributed by atoms with Crippen LogP contribution >= 0.6 is 0 Å². The average molecular weight is 389 g/mol. The standard InChI is InChI=1S/C21H31N3O4/c1-6-28-20(27)24-9-7-16(8-10-24)22-18(25)21(4,5)19(26)23-17-12-14(2)11-15(3)13-17/h11-13,16H,6-10H2,1-5H3,(H,22,25)(H,23,26). The number of nitrogens with zero attached hydrogens (tertiary/aromatic N) is 1. The van der Waals surface area contributed by atoms with Crippen LogP contribution in [-0.2, 0) is 14.3 Å². The molecule has 154 valence electrons. The number of carbonyl (C=O) groups is 3. The van der Waals surface area contributed by atoms with Crippen LogP contribution in [0.3, 0.4) is 0 Å². The molecule has 1 heterocycles. The Hall–Kier alpha value is -2.57. The van der Waals surface area contributed by atoms with Crippen LogP contribution in [0.25, 0.3) is 0 Å². The van der Waals surface area contributed by atoms with Gasteiger partial charge in [0.25, 0.3) is 0 Å². The van der Waals surface area contributed by atoms with E-state index in [0.717, 1.165) is 11.1 Å². The molecule has 0 spiro atoms. The van der Waals surface area contributed by atoms with E-state index in [1.165, 1.54) is 0 Å². The van der Waals surface area contributed by atoms with Crippen molar-refractivity contribution in [3.63, 3.8) is 0 Å². The molecular weight excluding hydrogens is 358 g/mol. The van der Waals surface area contributed by atoms with Crippen LogP contribution < -0.4 is 10.6 Å². The van der Waals surface area contributed by atoms with E-state index in [1.54, 1.807) is 25.7 Å². The first kappa shape index (κ1) is 21.7. The van der Waals surface area contributed by atoms with Crippen molar-refractivity contribution < 1.29 is 19.1 Å². The number of likely N-dealkylation sites (tertiary alicyclic amines) is 1. The molecule has 1 saturated heterocycles. The van der Waals surface area contributed by atoms with Gasteiger partial charge in [0.2, 0.25) is 11.8 Å². The van der Waals surface area contributed by atoms with E-state index in [4.69, 9.17) is 4.74 Å². The molecule has 0 aromatic heterocycles. The number of hydrogen-bond acceptors (Lipinski definition) is 4. The Bertz CT molecular complexity index is 717. The highest BCUT2D eigenvalue weighted by atomic mass is 16.6. The maximum Gasteiger partial charge on any atom is 0.409 e. The fourth-order valence-corrected chi connectivity index (χ4v) is 3.22. The lowest BCUT2D eigenvalue weighted by molar-refractivity contribution is -0.139. The fourth-order valence-electron chi connectivity index (χ4n) is 3.22. The lowest BCUT2D eigenvalue weighted by Gasteiger charge is -2.33. The zero-order valence-corrected chi connectivity index (χ0v) is 17.4. The van der Waals surface area contributed by atoms with Crippen molar-refractivity contribution in [1.29, 1.82) is 0 Å². The number of anilines is 1. The van der Waals surface area contributed by atoms with Crippen molar-refractivity contribution in [1.82, 2.24) is 10.2 Å². The van der Waals surface area contributed by atoms with E-state index in [1.807, 2.05) is 32.0 Å². The highest BCUT2D eigenvalue weighted by Crippen LogP contribution is 2.22. The van der Waals surface area contributed by atoms with Gasteiger partial charge < -0.3 is 20.3 Å². The summed E-state index contributed by atoms with van der Waals surface area (Å²) < 4.78 is 5.00. The van der Waals surface area contributed by atoms with E-state index >= 15 is 0 Å². The monoisotopic (exact) mass is 389 g/mol. The topological polar surface area (TPSA) is 87.7 Å². The van der Waals surface area contributed by atoms with Crippen molar-refractivity contribution in [3.8, 4) is 0 Å². The maximum atomic E-state index is 12.7. The third-order valence-electron chi connectivity index (χ3n) is 4.97. The van der Waals surface area contributed by atoms with Gasteiger partial charge >= 0.3 is 6.09 Å². The Morgan fingerprint density at radius 1 is 1.07 bits per heavy atom. The predicted molar refractivity (Wildman–Crippen MR) is 108 cm³/mol. The molecule has 1 aromatic rings. The SMILES string of the molecule is CCOC(=O)N1CCC(NC(=O)C(C)(C)C(=O)Nc2cc(C)cc(C)c2)CC1. The van der Waals surface area contributed by atoms with Crippen LogP contribution in [0.5, 0.6) is 0 Å². The molecule has 7 nitrogen and oxygen atoms in total. The molecule has 28 heavy (non-hydrogen) atoms. The Kier molecular flexibility index (Phi) is 7.05. The van der Waals surface area contributed by atoms with Gasteiger partial charge in [-0.1, -0.05) is 6.07 Å². The molecule has 1 aliphatic heterocycles. The van der Waals surface area contributed by atoms with Crippen LogP contribution in [0.1, 0.15) is 44.7 Å². The second kappa shape index (κ2) is 9.08. The van der Waals surface area contributed by atoms with E-state index < -0.39 is 5.41 Å². The molecule has 1 fully saturated rings. The molecule has 0 aliphatic carbocycles. The third kappa shape index (κ3) is 5.47. The maximum absolute atomic E-state index is 12.7. The van der Waals surface area contributed by atoms with E-state index in [0.29, 0.717) is 38.2 Å². The summed E-state index contributed by atoms with van der Waals surface area (Å²) >= 11 is 0. The van der Waals surface area contributed by atoms with Gasteiger partial charge in [-0.15, -0.1) is 0 Å². The predicted octanol–water partition coefficient (Wildman–Crippen LogP) is 3.01. The molecule has 0 radical (unpaired) electrons. The van der Waals surface area contributed by atoms with Gasteiger partial charge in [-0.2, -0.15) is 0 Å². The minimum Gasteiger partial charge on any atom is -0.450 e. The highest BCUT2D eigenvalue weighted by molar-refractivity contribution is 6.10. The van der Waals surface area contributed by atoms with Crippen molar-refractivity contribution in [2.75, 3.05) is 25.0 Å². The lowest BCUT2D eigenvalue weighted by Crippen LogP contribution is -2.52. The Balaban J connectivity index is 1.91. The number of benzene rings is 1. The van der Waals surface area contributed by atoms with Gasteiger partial charge in [-0.05, 0) is 70.7 Å². The molecule has 0 atom stereocenters. The minimum absolute atomic E-state index is 0.0635. The molecule has 0 bridgehead atoms. The van der Waals surface area contributed by atoms with Gasteiger partial charge in [-0.25, -0.2) is 4.79 Å². The summed E-state index contributed by atoms with van der Waals surface area (Å²) in [4.78, 5) is 38.9. The van der Waals surface area contributed by atoms with E-state index in [2.05, 4.69) is 10.6 Å². The van der Waals surface area contributed by atoms with Gasteiger partial charge in [0, 0.05) is 24.8 Å². The number of nitrogens with one attached hydrogen (secondary N) is 2. The number of aryl methyl sites for hydroxylation is 2. The highest BCUT2D eigenvalue weighted by Gasteiger charge is 2.38. The van der Waals surface area contributed by atoms with Crippen LogP contribution in [0.2, 0.25) is 0 Å². The molecule has 3 amide bonds. The molecule has 7 heteroatoms. The summed E-state index contributed by atoms with van der Waals surface area (Å²) in [6, 6.07) is 5.72. The molecule has 2 rings (SSSR count). The van der Waals surface area contributed by atoms with Crippen LogP contribution in [-0.4, -0.2) is 48.5 Å². The number of amides is 3. The molecule has 0 unspecified atom stereocenters. The second-order valence-electron chi connectivity index (χ2n) is 7.89. The van der Waals surface area contributed by atoms with Crippen molar-refractivity contribution in [2.45, 2.75) is 53.5 Å². The van der Waals surface area contributed by atoms with Gasteiger partial charge in [0.15, 0.2) is 0 Å². The zero-order valence-electron chi connectivity index (χ0n) is 17.4. The van der Waals surface area contributed by atoms with Gasteiger partial charge in [0.1, 0.15) is 5.41 Å². The van der Waals surface area contributed by atoms with Crippen LogP contribution in [0.4, 0.5) is 10.5 Å². The van der Waals surface area contributed by atoms with E-state index in [-0.39, 0.29) is 23.9 Å². The molecule has 2 N–H and O–H groups in total. The summed E-state index contributed by atoms with van der Waals surface area (Å²) in [5, 5.41) is 5.81. The summed E-state index contributed by atoms with van der Waals surface area (Å²) in [7, 11) is 0. The number of hydrogen-bond donors (Lipinski definition) is 2. The summed E-state index contributed by atoms with van der Waals surface area (Å²) in [5.74, 6) is -0.664. The first-order valence-corrected chi connectivity index (χ1v) is 9.76. The summed E-state index contributed by atoms with van der Waals surface area (Å²) in [6.07, 6.45) is 0.957. The van der Waals surface area contributed by atoms with Crippen LogP contribution in [0, 0.1) is 19.3 Å². The molecular formula is C21H31N3O4. The Morgan fingerprint density at radius 3 is 2.18 bits per heavy atom. The van der Waals surface area contributed by atoms with Crippen LogP contribution in [0.15, 0.2) is 18.2 Å². The first-order valence-electron chi connectivity index (χ1n) is 9.76. The van der Waals surface area contributed by atoms with Crippen molar-refractivity contribution in [3.05, 3.63) is 29.3 Å². The largest absolute Gasteiger partial charge is 0.450 e. The fraction of sp³-hybridized carbons (Fsp3) is 0.571. The quantitative estimate of drug-likeness (QED) is 0.758. The minimum atomic E-state index is -1.21. The van der Waals surface area contributed by atoms with Gasteiger partial charge in [-0.3, -0.25) is 9.59 Å². The Morgan fingerprint density at radius 2 is 1.64 bits per heavy atom. The van der Waals surface area contributed by atoms with Gasteiger partial charge in [0.05, 0.1) is 6.61 Å². The zero-order chi connectivity index (χ0) is 20.9. The number of piperidine rings is 1. The third-order valence-corrected chi connectivity index (χ3v) is 4.97. The number of carbonyl (C=O) groups excluding carboxylic acids is 3. The average Bonchev–Trinajstić information content (AvgIpc) is 2.61. The van der Waals surface area contributed by atoms with Crippen molar-refractivity contribution in [2.24, 2.45) is 5.41 Å². The second-order valence-corrected chi connectivity index (χ2v) is 7.89. The molecule has 1 aromatic carbocycles. The summed E-state index contributed by atoms with van der Waals surface area (Å²) in [5.41, 5.74) is 1.57. The smallest absolute Gasteiger partial charge is 0.409 e. The molecule has 1 aliphatic rings. The Labute approximate surface area is 166 Å².